The molecule has 0 heterocycles. The van der Waals surface area contributed by atoms with Crippen LogP contribution in [0.2, 0.25) is 5.02 Å². The molecule has 3 nitrogen and oxygen atoms in total. The van der Waals surface area contributed by atoms with Gasteiger partial charge in [0.15, 0.2) is 0 Å². The van der Waals surface area contributed by atoms with E-state index < -0.39 is 12.0 Å². The number of ether oxygens (including phenoxy) is 1. The van der Waals surface area contributed by atoms with E-state index in [1.54, 1.807) is 24.3 Å². The molecule has 0 aromatic heterocycles. The second-order valence-electron chi connectivity index (χ2n) is 3.35. The number of carbonyl (C=O) groups excluding carboxylic acids is 1. The van der Waals surface area contributed by atoms with Crippen LogP contribution in [0.4, 0.5) is 0 Å². The Bertz CT molecular complexity index is 342. The van der Waals surface area contributed by atoms with E-state index in [4.69, 9.17) is 22.1 Å². The summed E-state index contributed by atoms with van der Waals surface area (Å²) in [6.45, 7) is 0.219. The topological polar surface area (TPSA) is 52.3 Å². The van der Waals surface area contributed by atoms with E-state index in [0.717, 1.165) is 5.56 Å². The Balaban J connectivity index is 2.39. The summed E-state index contributed by atoms with van der Waals surface area (Å²) in [4.78, 5) is 11.4. The normalized spacial score (nSPS) is 12.2. The highest BCUT2D eigenvalue weighted by Crippen LogP contribution is 2.10. The molecule has 0 aliphatic heterocycles. The van der Waals surface area contributed by atoms with Crippen LogP contribution in [0.15, 0.2) is 24.3 Å². The van der Waals surface area contributed by atoms with Gasteiger partial charge in [0.05, 0.1) is 0 Å². The van der Waals surface area contributed by atoms with E-state index in [9.17, 15) is 4.79 Å². The quantitative estimate of drug-likeness (QED) is 0.628. The van der Waals surface area contributed by atoms with Crippen LogP contribution in [-0.4, -0.2) is 17.8 Å². The van der Waals surface area contributed by atoms with Gasteiger partial charge in [-0.05, 0) is 29.9 Å². The van der Waals surface area contributed by atoms with E-state index in [1.165, 1.54) is 0 Å². The number of halogens is 1. The minimum atomic E-state index is -0.593. The molecule has 1 aromatic carbocycles. The van der Waals surface area contributed by atoms with Gasteiger partial charge in [0.2, 0.25) is 0 Å². The molecule has 1 aromatic rings. The number of thiol groups is 1. The molecule has 2 N–H and O–H groups in total. The number of hydrogen-bond donors (Lipinski definition) is 2. The second-order valence-corrected chi connectivity index (χ2v) is 4.24. The summed E-state index contributed by atoms with van der Waals surface area (Å²) < 4.78 is 5.04. The molecule has 0 bridgehead atoms. The zero-order valence-electron chi connectivity index (χ0n) is 8.73. The standard InChI is InChI=1S/C11H14ClNO2S/c12-9-3-1-8(2-4-9)7-15-11(14)10(13)5-6-16/h1-4,10,16H,5-7,13H2. The summed E-state index contributed by atoms with van der Waals surface area (Å²) in [7, 11) is 0. The SMILES string of the molecule is NC(CCS)C(=O)OCc1ccc(Cl)cc1. The number of hydrogen-bond acceptors (Lipinski definition) is 4. The Labute approximate surface area is 105 Å². The minimum Gasteiger partial charge on any atom is -0.460 e. The Morgan fingerprint density at radius 1 is 1.44 bits per heavy atom. The van der Waals surface area contributed by atoms with Gasteiger partial charge in [0, 0.05) is 5.02 Å². The first-order chi connectivity index (χ1) is 7.63. The summed E-state index contributed by atoms with van der Waals surface area (Å²) in [5.41, 5.74) is 6.46. The number of esters is 1. The van der Waals surface area contributed by atoms with Crippen molar-refractivity contribution in [3.05, 3.63) is 34.9 Å². The van der Waals surface area contributed by atoms with E-state index >= 15 is 0 Å². The molecule has 0 radical (unpaired) electrons. The predicted octanol–water partition coefficient (Wildman–Crippen LogP) is 2.03. The van der Waals surface area contributed by atoms with Crippen LogP contribution in [0.1, 0.15) is 12.0 Å². The van der Waals surface area contributed by atoms with Crippen molar-refractivity contribution in [2.75, 3.05) is 5.75 Å². The van der Waals surface area contributed by atoms with Gasteiger partial charge in [-0.2, -0.15) is 12.6 Å². The average Bonchev–Trinajstić information content (AvgIpc) is 2.28. The molecule has 88 valence electrons. The summed E-state index contributed by atoms with van der Waals surface area (Å²) in [5, 5.41) is 0.654. The average molecular weight is 260 g/mol. The first-order valence-electron chi connectivity index (χ1n) is 4.91. The molecule has 0 saturated heterocycles. The Morgan fingerprint density at radius 2 is 2.06 bits per heavy atom. The zero-order chi connectivity index (χ0) is 12.0. The molecule has 1 atom stereocenters. The predicted molar refractivity (Wildman–Crippen MR) is 67.7 cm³/mol. The molecule has 0 amide bonds. The maximum absolute atomic E-state index is 11.4. The van der Waals surface area contributed by atoms with E-state index in [2.05, 4.69) is 12.6 Å². The smallest absolute Gasteiger partial charge is 0.323 e. The molecule has 0 spiro atoms. The highest BCUT2D eigenvalue weighted by molar-refractivity contribution is 7.80. The number of nitrogens with two attached hydrogens (primary N) is 1. The molecular formula is C11H14ClNO2S. The van der Waals surface area contributed by atoms with Gasteiger partial charge in [-0.25, -0.2) is 0 Å². The van der Waals surface area contributed by atoms with Crippen molar-refractivity contribution in [3.8, 4) is 0 Å². The van der Waals surface area contributed by atoms with Gasteiger partial charge in [-0.3, -0.25) is 4.79 Å². The van der Waals surface area contributed by atoms with Gasteiger partial charge < -0.3 is 10.5 Å². The van der Waals surface area contributed by atoms with Crippen LogP contribution in [0, 0.1) is 0 Å². The number of carbonyl (C=O) groups is 1. The van der Waals surface area contributed by atoms with E-state index in [0.29, 0.717) is 17.2 Å². The van der Waals surface area contributed by atoms with Gasteiger partial charge in [0.1, 0.15) is 12.6 Å². The molecule has 5 heteroatoms. The van der Waals surface area contributed by atoms with Crippen LogP contribution in [0.3, 0.4) is 0 Å². The Kier molecular flexibility index (Phi) is 5.66. The highest BCUT2D eigenvalue weighted by atomic mass is 35.5. The Morgan fingerprint density at radius 3 is 2.62 bits per heavy atom. The first kappa shape index (κ1) is 13.4. The van der Waals surface area contributed by atoms with Gasteiger partial charge >= 0.3 is 5.97 Å². The van der Waals surface area contributed by atoms with E-state index in [1.807, 2.05) is 0 Å². The van der Waals surface area contributed by atoms with Crippen LogP contribution >= 0.6 is 24.2 Å². The van der Waals surface area contributed by atoms with Crippen LogP contribution in [0.5, 0.6) is 0 Å². The summed E-state index contributed by atoms with van der Waals surface area (Å²) in [6.07, 6.45) is 0.516. The molecule has 1 unspecified atom stereocenters. The number of benzene rings is 1. The van der Waals surface area contributed by atoms with E-state index in [-0.39, 0.29) is 6.61 Å². The molecule has 1 rings (SSSR count). The maximum atomic E-state index is 11.4. The van der Waals surface area contributed by atoms with Crippen molar-refractivity contribution in [2.45, 2.75) is 19.1 Å². The monoisotopic (exact) mass is 259 g/mol. The fourth-order valence-corrected chi connectivity index (χ4v) is 1.50. The van der Waals surface area contributed by atoms with Gasteiger partial charge in [-0.15, -0.1) is 0 Å². The van der Waals surface area contributed by atoms with Crippen molar-refractivity contribution in [1.29, 1.82) is 0 Å². The lowest BCUT2D eigenvalue weighted by Crippen LogP contribution is -2.32. The lowest BCUT2D eigenvalue weighted by atomic mass is 10.2. The fourth-order valence-electron chi connectivity index (χ4n) is 1.10. The maximum Gasteiger partial charge on any atom is 0.323 e. The molecule has 0 aliphatic carbocycles. The van der Waals surface area contributed by atoms with Crippen molar-refractivity contribution < 1.29 is 9.53 Å². The summed E-state index contributed by atoms with van der Waals surface area (Å²) >= 11 is 9.73. The molecule has 16 heavy (non-hydrogen) atoms. The highest BCUT2D eigenvalue weighted by Gasteiger charge is 2.13. The minimum absolute atomic E-state index is 0.219. The van der Waals surface area contributed by atoms with Gasteiger partial charge in [0.25, 0.3) is 0 Å². The van der Waals surface area contributed by atoms with Crippen molar-refractivity contribution in [3.63, 3.8) is 0 Å². The number of rotatable bonds is 5. The largest absolute Gasteiger partial charge is 0.460 e. The van der Waals surface area contributed by atoms with Crippen molar-refractivity contribution in [2.24, 2.45) is 5.73 Å². The Hall–Kier alpha value is -0.710. The first-order valence-corrected chi connectivity index (χ1v) is 5.92. The third-order valence-electron chi connectivity index (χ3n) is 2.04. The molecule has 0 saturated carbocycles. The van der Waals surface area contributed by atoms with Crippen LogP contribution in [0.25, 0.3) is 0 Å². The third kappa shape index (κ3) is 4.43. The second kappa shape index (κ2) is 6.78. The fraction of sp³-hybridized carbons (Fsp3) is 0.364. The van der Waals surface area contributed by atoms with Crippen molar-refractivity contribution in [1.82, 2.24) is 0 Å². The molecular weight excluding hydrogens is 246 g/mol. The lowest BCUT2D eigenvalue weighted by Gasteiger charge is -2.10. The van der Waals surface area contributed by atoms with Crippen molar-refractivity contribution >= 4 is 30.2 Å². The third-order valence-corrected chi connectivity index (χ3v) is 2.55. The van der Waals surface area contributed by atoms with Gasteiger partial charge in [-0.1, -0.05) is 23.7 Å². The van der Waals surface area contributed by atoms with Crippen LogP contribution < -0.4 is 5.73 Å². The summed E-state index contributed by atoms with van der Waals surface area (Å²) in [6, 6.07) is 6.51. The summed E-state index contributed by atoms with van der Waals surface area (Å²) in [5.74, 6) is 0.168. The molecule has 0 fully saturated rings. The zero-order valence-corrected chi connectivity index (χ0v) is 10.4. The van der Waals surface area contributed by atoms with Crippen LogP contribution in [-0.2, 0) is 16.1 Å². The lowest BCUT2D eigenvalue weighted by molar-refractivity contribution is -0.146. The molecule has 0 aliphatic rings.